The molecule has 1 N–H and O–H groups in total. The van der Waals surface area contributed by atoms with E-state index in [0.29, 0.717) is 13.2 Å². The molecule has 1 rings (SSSR count). The topological polar surface area (TPSA) is 64.6 Å². The lowest BCUT2D eigenvalue weighted by molar-refractivity contribution is -0.155. The summed E-state index contributed by atoms with van der Waals surface area (Å²) >= 11 is 0. The Morgan fingerprint density at radius 2 is 1.81 bits per heavy atom. The molecule has 116 valence electrons. The molecule has 0 heterocycles. The average molecular weight is 293 g/mol. The average Bonchev–Trinajstić information content (AvgIpc) is 2.49. The van der Waals surface area contributed by atoms with E-state index in [1.807, 2.05) is 44.2 Å². The van der Waals surface area contributed by atoms with Gasteiger partial charge in [-0.05, 0) is 11.5 Å². The minimum absolute atomic E-state index is 0.0115. The van der Waals surface area contributed by atoms with Crippen LogP contribution in [0.1, 0.15) is 19.4 Å². The van der Waals surface area contributed by atoms with Crippen LogP contribution in [-0.2, 0) is 25.6 Å². The van der Waals surface area contributed by atoms with Crippen LogP contribution in [0, 0.1) is 11.8 Å². The standard InChI is InChI=1S/C16H23NO4/c1-12(2)10-21-16(19)14(11-20-3)15(18)17-9-13-7-5-4-6-8-13/h4-8,12,14H,9-11H2,1-3H3,(H,17,18)/t14-/m1/s1. The van der Waals surface area contributed by atoms with Crippen molar-refractivity contribution >= 4 is 11.9 Å². The van der Waals surface area contributed by atoms with Crippen molar-refractivity contribution in [2.45, 2.75) is 20.4 Å². The minimum atomic E-state index is -0.933. The number of esters is 1. The molecular formula is C16H23NO4. The summed E-state index contributed by atoms with van der Waals surface area (Å²) in [5, 5.41) is 2.73. The monoisotopic (exact) mass is 293 g/mol. The number of benzene rings is 1. The summed E-state index contributed by atoms with van der Waals surface area (Å²) in [7, 11) is 1.45. The molecule has 5 nitrogen and oxygen atoms in total. The van der Waals surface area contributed by atoms with Crippen LogP contribution in [0.2, 0.25) is 0 Å². The first-order valence-corrected chi connectivity index (χ1v) is 7.01. The van der Waals surface area contributed by atoms with Crippen LogP contribution in [0.3, 0.4) is 0 Å². The van der Waals surface area contributed by atoms with Gasteiger partial charge in [-0.3, -0.25) is 9.59 Å². The maximum atomic E-state index is 12.1. The predicted octanol–water partition coefficient (Wildman–Crippen LogP) is 1.76. The number of ether oxygens (including phenoxy) is 2. The smallest absolute Gasteiger partial charge is 0.320 e. The summed E-state index contributed by atoms with van der Waals surface area (Å²) in [6.45, 7) is 4.56. The highest BCUT2D eigenvalue weighted by Gasteiger charge is 2.28. The molecule has 21 heavy (non-hydrogen) atoms. The van der Waals surface area contributed by atoms with Gasteiger partial charge in [0.15, 0.2) is 5.92 Å². The molecule has 0 saturated carbocycles. The number of carbonyl (C=O) groups is 2. The molecule has 0 fully saturated rings. The van der Waals surface area contributed by atoms with E-state index in [9.17, 15) is 9.59 Å². The lowest BCUT2D eigenvalue weighted by Crippen LogP contribution is -2.39. The fourth-order valence-corrected chi connectivity index (χ4v) is 1.68. The highest BCUT2D eigenvalue weighted by atomic mass is 16.5. The van der Waals surface area contributed by atoms with E-state index >= 15 is 0 Å². The Balaban J connectivity index is 2.54. The van der Waals surface area contributed by atoms with Gasteiger partial charge in [0, 0.05) is 13.7 Å². The van der Waals surface area contributed by atoms with Crippen LogP contribution in [0.25, 0.3) is 0 Å². The van der Waals surface area contributed by atoms with E-state index in [1.165, 1.54) is 7.11 Å². The largest absolute Gasteiger partial charge is 0.465 e. The summed E-state index contributed by atoms with van der Waals surface area (Å²) in [6, 6.07) is 9.50. The third-order valence-corrected chi connectivity index (χ3v) is 2.80. The lowest BCUT2D eigenvalue weighted by atomic mass is 10.1. The second-order valence-corrected chi connectivity index (χ2v) is 5.24. The normalized spacial score (nSPS) is 12.0. The van der Waals surface area contributed by atoms with Crippen molar-refractivity contribution in [1.82, 2.24) is 5.32 Å². The maximum absolute atomic E-state index is 12.1. The third-order valence-electron chi connectivity index (χ3n) is 2.80. The Bertz CT molecular complexity index is 445. The number of hydrogen-bond donors (Lipinski definition) is 1. The Hall–Kier alpha value is -1.88. The number of rotatable bonds is 8. The van der Waals surface area contributed by atoms with Crippen LogP contribution in [0.4, 0.5) is 0 Å². The summed E-state index contributed by atoms with van der Waals surface area (Å²) in [5.74, 6) is -1.63. The van der Waals surface area contributed by atoms with Gasteiger partial charge in [-0.25, -0.2) is 0 Å². The third kappa shape index (κ3) is 6.40. The van der Waals surface area contributed by atoms with E-state index in [0.717, 1.165) is 5.56 Å². The zero-order valence-corrected chi connectivity index (χ0v) is 12.8. The first-order chi connectivity index (χ1) is 10.0. The summed E-state index contributed by atoms with van der Waals surface area (Å²) < 4.78 is 10.1. The van der Waals surface area contributed by atoms with Crippen molar-refractivity contribution < 1.29 is 19.1 Å². The molecule has 1 amide bonds. The molecule has 1 atom stereocenters. The summed E-state index contributed by atoms with van der Waals surface area (Å²) in [6.07, 6.45) is 0. The molecule has 0 bridgehead atoms. The molecule has 1 aromatic rings. The fourth-order valence-electron chi connectivity index (χ4n) is 1.68. The van der Waals surface area contributed by atoms with E-state index in [2.05, 4.69) is 5.32 Å². The molecule has 0 saturated heterocycles. The number of amides is 1. The first kappa shape index (κ1) is 17.2. The summed E-state index contributed by atoms with van der Waals surface area (Å²) in [5.41, 5.74) is 0.970. The van der Waals surface area contributed by atoms with E-state index in [1.54, 1.807) is 0 Å². The van der Waals surface area contributed by atoms with Crippen molar-refractivity contribution in [3.63, 3.8) is 0 Å². The molecule has 0 aliphatic rings. The highest BCUT2D eigenvalue weighted by Crippen LogP contribution is 2.05. The Labute approximate surface area is 125 Å². The zero-order chi connectivity index (χ0) is 15.7. The second-order valence-electron chi connectivity index (χ2n) is 5.24. The molecule has 0 radical (unpaired) electrons. The fraction of sp³-hybridized carbons (Fsp3) is 0.500. The van der Waals surface area contributed by atoms with Crippen molar-refractivity contribution in [3.05, 3.63) is 35.9 Å². The Kier molecular flexibility index (Phi) is 7.46. The maximum Gasteiger partial charge on any atom is 0.320 e. The predicted molar refractivity (Wildman–Crippen MR) is 79.5 cm³/mol. The van der Waals surface area contributed by atoms with Gasteiger partial charge in [0.2, 0.25) is 5.91 Å². The van der Waals surface area contributed by atoms with Gasteiger partial charge >= 0.3 is 5.97 Å². The van der Waals surface area contributed by atoms with Crippen LogP contribution >= 0.6 is 0 Å². The molecule has 0 spiro atoms. The van der Waals surface area contributed by atoms with Crippen LogP contribution < -0.4 is 5.32 Å². The van der Waals surface area contributed by atoms with Crippen molar-refractivity contribution in [2.75, 3.05) is 20.3 Å². The first-order valence-electron chi connectivity index (χ1n) is 7.01. The van der Waals surface area contributed by atoms with Crippen LogP contribution in [0.5, 0.6) is 0 Å². The molecule has 5 heteroatoms. The number of hydrogen-bond acceptors (Lipinski definition) is 4. The van der Waals surface area contributed by atoms with Gasteiger partial charge in [0.05, 0.1) is 13.2 Å². The zero-order valence-electron chi connectivity index (χ0n) is 12.8. The molecule has 0 aliphatic heterocycles. The molecule has 0 unspecified atom stereocenters. The Morgan fingerprint density at radius 1 is 1.14 bits per heavy atom. The quantitative estimate of drug-likeness (QED) is 0.586. The van der Waals surface area contributed by atoms with Crippen molar-refractivity contribution in [1.29, 1.82) is 0 Å². The molecule has 0 aromatic heterocycles. The molecule has 1 aromatic carbocycles. The van der Waals surface area contributed by atoms with Gasteiger partial charge in [0.25, 0.3) is 0 Å². The van der Waals surface area contributed by atoms with Gasteiger partial charge in [0.1, 0.15) is 0 Å². The van der Waals surface area contributed by atoms with Gasteiger partial charge in [-0.1, -0.05) is 44.2 Å². The van der Waals surface area contributed by atoms with E-state index in [-0.39, 0.29) is 18.4 Å². The summed E-state index contributed by atoms with van der Waals surface area (Å²) in [4.78, 5) is 24.0. The van der Waals surface area contributed by atoms with Gasteiger partial charge in [-0.2, -0.15) is 0 Å². The lowest BCUT2D eigenvalue weighted by Gasteiger charge is -2.16. The second kappa shape index (κ2) is 9.13. The SMILES string of the molecule is COC[C@H](C(=O)NCc1ccccc1)C(=O)OCC(C)C. The number of carbonyl (C=O) groups excluding carboxylic acids is 2. The molecular weight excluding hydrogens is 270 g/mol. The van der Waals surface area contributed by atoms with Crippen LogP contribution in [-0.4, -0.2) is 32.2 Å². The van der Waals surface area contributed by atoms with Crippen molar-refractivity contribution in [3.8, 4) is 0 Å². The highest BCUT2D eigenvalue weighted by molar-refractivity contribution is 5.97. The van der Waals surface area contributed by atoms with Crippen molar-refractivity contribution in [2.24, 2.45) is 11.8 Å². The number of methoxy groups -OCH3 is 1. The van der Waals surface area contributed by atoms with E-state index in [4.69, 9.17) is 9.47 Å². The van der Waals surface area contributed by atoms with E-state index < -0.39 is 11.9 Å². The van der Waals surface area contributed by atoms with Gasteiger partial charge in [-0.15, -0.1) is 0 Å². The van der Waals surface area contributed by atoms with Gasteiger partial charge < -0.3 is 14.8 Å². The number of nitrogens with one attached hydrogen (secondary N) is 1. The Morgan fingerprint density at radius 3 is 2.38 bits per heavy atom. The van der Waals surface area contributed by atoms with Crippen LogP contribution in [0.15, 0.2) is 30.3 Å². The minimum Gasteiger partial charge on any atom is -0.465 e. The molecule has 0 aliphatic carbocycles.